The number of sulfonamides is 1. The summed E-state index contributed by atoms with van der Waals surface area (Å²) in [6.07, 6.45) is 1.74. The molecule has 0 radical (unpaired) electrons. The van der Waals surface area contributed by atoms with Gasteiger partial charge in [0.1, 0.15) is 15.4 Å². The van der Waals surface area contributed by atoms with Crippen molar-refractivity contribution in [1.29, 1.82) is 0 Å². The van der Waals surface area contributed by atoms with Crippen LogP contribution in [0.4, 0.5) is 5.69 Å². The smallest absolute Gasteiger partial charge is 0.262 e. The molecule has 2 aromatic carbocycles. The minimum absolute atomic E-state index is 0.301. The lowest BCUT2D eigenvalue weighted by atomic mass is 10.1. The summed E-state index contributed by atoms with van der Waals surface area (Å²) in [5, 5.41) is 0.807. The van der Waals surface area contributed by atoms with Crippen molar-refractivity contribution in [3.8, 4) is 10.6 Å². The molecular weight excluding hydrogens is 402 g/mol. The van der Waals surface area contributed by atoms with Gasteiger partial charge in [-0.1, -0.05) is 29.5 Å². The molecule has 4 aromatic rings. The lowest BCUT2D eigenvalue weighted by molar-refractivity contribution is 0.600. The number of nitrogens with one attached hydrogen (secondary N) is 1. The quantitative estimate of drug-likeness (QED) is 0.477. The van der Waals surface area contributed by atoms with Crippen LogP contribution in [0, 0.1) is 27.7 Å². The summed E-state index contributed by atoms with van der Waals surface area (Å²) in [4.78, 5) is 10.1. The van der Waals surface area contributed by atoms with Crippen molar-refractivity contribution in [3.63, 3.8) is 0 Å². The number of nitrogens with zero attached hydrogens (tertiary/aromatic N) is 2. The number of pyridine rings is 1. The van der Waals surface area contributed by atoms with Gasteiger partial charge in [0, 0.05) is 11.8 Å². The van der Waals surface area contributed by atoms with Crippen LogP contribution in [-0.2, 0) is 10.0 Å². The van der Waals surface area contributed by atoms with E-state index in [9.17, 15) is 8.42 Å². The second-order valence-electron chi connectivity index (χ2n) is 7.18. The van der Waals surface area contributed by atoms with Gasteiger partial charge in [-0.15, -0.1) is 0 Å². The molecular formula is C22H21N3O2S2. The fourth-order valence-electron chi connectivity index (χ4n) is 3.18. The number of hydrogen-bond acceptors (Lipinski definition) is 5. The molecule has 0 spiro atoms. The molecule has 2 aromatic heterocycles. The van der Waals surface area contributed by atoms with E-state index in [4.69, 9.17) is 0 Å². The van der Waals surface area contributed by atoms with Crippen LogP contribution in [0.5, 0.6) is 0 Å². The van der Waals surface area contributed by atoms with Gasteiger partial charge < -0.3 is 0 Å². The Morgan fingerprint density at radius 1 is 0.897 bits per heavy atom. The number of fused-ring (bicyclic) bond motifs is 1. The van der Waals surface area contributed by atoms with Crippen molar-refractivity contribution in [3.05, 3.63) is 70.9 Å². The van der Waals surface area contributed by atoms with Gasteiger partial charge in [0.05, 0.1) is 10.6 Å². The van der Waals surface area contributed by atoms with E-state index in [0.29, 0.717) is 10.6 Å². The van der Waals surface area contributed by atoms with Crippen LogP contribution in [0.2, 0.25) is 0 Å². The Morgan fingerprint density at radius 2 is 1.66 bits per heavy atom. The van der Waals surface area contributed by atoms with E-state index in [1.807, 2.05) is 64.1 Å². The Kier molecular flexibility index (Phi) is 4.88. The van der Waals surface area contributed by atoms with Gasteiger partial charge in [0.2, 0.25) is 0 Å². The van der Waals surface area contributed by atoms with Crippen LogP contribution in [0.15, 0.2) is 53.6 Å². The fraction of sp³-hybridized carbons (Fsp3) is 0.182. The molecule has 2 heterocycles. The molecule has 0 amide bonds. The third-order valence-electron chi connectivity index (χ3n) is 4.98. The third kappa shape index (κ3) is 3.75. The standard InChI is InChI=1S/C22H21N3O2S2/c1-13-7-8-17(21-24-18-6-5-9-23-22(18)28-21)12-19(13)25-29(26,27)20-11-15(3)14(2)10-16(20)4/h5-12,25H,1-4H3. The molecule has 148 valence electrons. The summed E-state index contributed by atoms with van der Waals surface area (Å²) in [7, 11) is -3.71. The Morgan fingerprint density at radius 3 is 2.41 bits per heavy atom. The van der Waals surface area contributed by atoms with Crippen LogP contribution < -0.4 is 4.72 Å². The molecule has 1 N–H and O–H groups in total. The Balaban J connectivity index is 1.74. The Labute approximate surface area is 174 Å². The molecule has 0 saturated carbocycles. The molecule has 7 heteroatoms. The minimum Gasteiger partial charge on any atom is -0.279 e. The summed E-state index contributed by atoms with van der Waals surface area (Å²) >= 11 is 1.49. The number of rotatable bonds is 4. The van der Waals surface area contributed by atoms with E-state index < -0.39 is 10.0 Å². The van der Waals surface area contributed by atoms with Crippen molar-refractivity contribution < 1.29 is 8.42 Å². The predicted octanol–water partition coefficient (Wildman–Crippen LogP) is 5.39. The van der Waals surface area contributed by atoms with Crippen molar-refractivity contribution in [2.45, 2.75) is 32.6 Å². The van der Waals surface area contributed by atoms with Crippen LogP contribution >= 0.6 is 11.3 Å². The molecule has 0 saturated heterocycles. The van der Waals surface area contributed by atoms with Crippen molar-refractivity contribution in [1.82, 2.24) is 9.97 Å². The molecule has 0 aliphatic heterocycles. The maximum absolute atomic E-state index is 13.1. The molecule has 0 fully saturated rings. The van der Waals surface area contributed by atoms with Crippen molar-refractivity contribution in [2.24, 2.45) is 0 Å². The first-order valence-corrected chi connectivity index (χ1v) is 11.5. The molecule has 0 bridgehead atoms. The van der Waals surface area contributed by atoms with E-state index >= 15 is 0 Å². The SMILES string of the molecule is Cc1cc(C)c(S(=O)(=O)Nc2cc(-c3nc4cccnc4s3)ccc2C)cc1C. The first-order chi connectivity index (χ1) is 13.7. The Hall–Kier alpha value is -2.77. The number of anilines is 1. The maximum Gasteiger partial charge on any atom is 0.262 e. The fourth-order valence-corrected chi connectivity index (χ4v) is 5.52. The zero-order valence-electron chi connectivity index (χ0n) is 16.6. The lowest BCUT2D eigenvalue weighted by Crippen LogP contribution is -2.15. The number of aromatic nitrogens is 2. The summed E-state index contributed by atoms with van der Waals surface area (Å²) in [5.74, 6) is 0. The first-order valence-electron chi connectivity index (χ1n) is 9.18. The van der Waals surface area contributed by atoms with Gasteiger partial charge in [-0.25, -0.2) is 18.4 Å². The third-order valence-corrected chi connectivity index (χ3v) is 7.51. The lowest BCUT2D eigenvalue weighted by Gasteiger charge is -2.15. The van der Waals surface area contributed by atoms with Gasteiger partial charge in [-0.2, -0.15) is 0 Å². The minimum atomic E-state index is -3.71. The maximum atomic E-state index is 13.1. The van der Waals surface area contributed by atoms with Crippen LogP contribution in [0.3, 0.4) is 0 Å². The van der Waals surface area contributed by atoms with Crippen molar-refractivity contribution in [2.75, 3.05) is 4.72 Å². The molecule has 0 atom stereocenters. The average molecular weight is 424 g/mol. The summed E-state index contributed by atoms with van der Waals surface area (Å²) < 4.78 is 29.0. The van der Waals surface area contributed by atoms with Crippen LogP contribution in [-0.4, -0.2) is 18.4 Å². The second-order valence-corrected chi connectivity index (χ2v) is 9.81. The largest absolute Gasteiger partial charge is 0.279 e. The summed E-state index contributed by atoms with van der Waals surface area (Å²) in [6.45, 7) is 7.60. The molecule has 0 unspecified atom stereocenters. The highest BCUT2D eigenvalue weighted by Crippen LogP contribution is 2.32. The van der Waals surface area contributed by atoms with Gasteiger partial charge in [0.15, 0.2) is 0 Å². The van der Waals surface area contributed by atoms with Gasteiger partial charge in [-0.05, 0) is 74.2 Å². The van der Waals surface area contributed by atoms with E-state index in [2.05, 4.69) is 14.7 Å². The molecule has 0 aliphatic carbocycles. The Bertz CT molecular complexity index is 1310. The van der Waals surface area contributed by atoms with Gasteiger partial charge >= 0.3 is 0 Å². The molecule has 0 aliphatic rings. The zero-order valence-corrected chi connectivity index (χ0v) is 18.3. The highest BCUT2D eigenvalue weighted by Gasteiger charge is 2.19. The highest BCUT2D eigenvalue weighted by atomic mass is 32.2. The van der Waals surface area contributed by atoms with Crippen LogP contribution in [0.25, 0.3) is 20.9 Å². The van der Waals surface area contributed by atoms with E-state index in [0.717, 1.165) is 43.2 Å². The number of thiazole rings is 1. The second kappa shape index (κ2) is 7.24. The summed E-state index contributed by atoms with van der Waals surface area (Å²) in [5.41, 5.74) is 5.83. The number of benzene rings is 2. The molecule has 4 rings (SSSR count). The van der Waals surface area contributed by atoms with Gasteiger partial charge in [-0.3, -0.25) is 4.72 Å². The predicted molar refractivity (Wildman–Crippen MR) is 119 cm³/mol. The topological polar surface area (TPSA) is 72.0 Å². The summed E-state index contributed by atoms with van der Waals surface area (Å²) in [6, 6.07) is 13.1. The number of aryl methyl sites for hydroxylation is 4. The van der Waals surface area contributed by atoms with Crippen LogP contribution in [0.1, 0.15) is 22.3 Å². The van der Waals surface area contributed by atoms with Crippen molar-refractivity contribution >= 4 is 37.4 Å². The van der Waals surface area contributed by atoms with Gasteiger partial charge in [0.25, 0.3) is 10.0 Å². The molecule has 5 nitrogen and oxygen atoms in total. The average Bonchev–Trinajstić information content (AvgIpc) is 3.10. The molecule has 29 heavy (non-hydrogen) atoms. The van der Waals surface area contributed by atoms with E-state index in [1.165, 1.54) is 11.3 Å². The van der Waals surface area contributed by atoms with E-state index in [-0.39, 0.29) is 0 Å². The number of hydrogen-bond donors (Lipinski definition) is 1. The monoisotopic (exact) mass is 423 g/mol. The van der Waals surface area contributed by atoms with E-state index in [1.54, 1.807) is 12.3 Å². The first kappa shape index (κ1) is 19.5. The zero-order chi connectivity index (χ0) is 20.8. The normalized spacial score (nSPS) is 11.7. The highest BCUT2D eigenvalue weighted by molar-refractivity contribution is 7.92.